The van der Waals surface area contributed by atoms with Gasteiger partial charge in [-0.3, -0.25) is 9.78 Å². The van der Waals surface area contributed by atoms with Gasteiger partial charge in [-0.05, 0) is 30.9 Å². The Morgan fingerprint density at radius 2 is 1.84 bits per heavy atom. The summed E-state index contributed by atoms with van der Waals surface area (Å²) >= 11 is 0. The van der Waals surface area contributed by atoms with Crippen molar-refractivity contribution in [3.8, 4) is 0 Å². The van der Waals surface area contributed by atoms with Crippen molar-refractivity contribution in [3.05, 3.63) is 59.1 Å². The number of alkyl halides is 3. The first-order valence-corrected chi connectivity index (χ1v) is 14.0. The topological polar surface area (TPSA) is 97.5 Å². The second-order valence-electron chi connectivity index (χ2n) is 10.8. The number of halogens is 4. The number of fused-ring (bicyclic) bond motifs is 3. The van der Waals surface area contributed by atoms with E-state index in [9.17, 15) is 30.8 Å². The molecule has 0 N–H and O–H groups in total. The summed E-state index contributed by atoms with van der Waals surface area (Å²) in [5.74, 6) is -2.86. The summed E-state index contributed by atoms with van der Waals surface area (Å²) in [6.45, 7) is 3.98. The molecule has 0 unspecified atom stereocenters. The van der Waals surface area contributed by atoms with Gasteiger partial charge in [0.05, 0.1) is 22.9 Å². The second kappa shape index (κ2) is 8.99. The Morgan fingerprint density at radius 3 is 2.45 bits per heavy atom. The van der Waals surface area contributed by atoms with Gasteiger partial charge < -0.3 is 4.90 Å². The number of sulfone groups is 1. The number of hydrogen-bond acceptors (Lipinski definition) is 6. The number of pyridine rings is 1. The van der Waals surface area contributed by atoms with Gasteiger partial charge in [0.1, 0.15) is 9.84 Å². The van der Waals surface area contributed by atoms with Crippen LogP contribution in [0.1, 0.15) is 67.6 Å². The smallest absolute Gasteiger partial charge is 0.328 e. The molecule has 0 aromatic carbocycles. The van der Waals surface area contributed by atoms with Gasteiger partial charge in [-0.25, -0.2) is 17.9 Å². The lowest BCUT2D eigenvalue weighted by Crippen LogP contribution is -2.44. The zero-order chi connectivity index (χ0) is 27.6. The molecule has 8 nitrogen and oxygen atoms in total. The van der Waals surface area contributed by atoms with Gasteiger partial charge in [0.25, 0.3) is 0 Å². The van der Waals surface area contributed by atoms with Crippen LogP contribution in [0.25, 0.3) is 5.65 Å². The molecule has 2 atom stereocenters. The third-order valence-electron chi connectivity index (χ3n) is 7.65. The number of nitrogens with zero attached hydrogens (tertiary/aromatic N) is 5. The highest BCUT2D eigenvalue weighted by molar-refractivity contribution is 7.91. The molecule has 1 aliphatic heterocycles. The van der Waals surface area contributed by atoms with Crippen LogP contribution in [0.2, 0.25) is 0 Å². The van der Waals surface area contributed by atoms with Crippen LogP contribution in [0.4, 0.5) is 17.6 Å². The molecule has 38 heavy (non-hydrogen) atoms. The maximum Gasteiger partial charge on any atom is 0.414 e. The molecule has 0 bridgehead atoms. The van der Waals surface area contributed by atoms with Crippen LogP contribution in [0, 0.1) is 11.9 Å². The normalized spacial score (nSPS) is 21.8. The molecule has 5 rings (SSSR count). The van der Waals surface area contributed by atoms with E-state index in [4.69, 9.17) is 0 Å². The fourth-order valence-electron chi connectivity index (χ4n) is 5.79. The molecular weight excluding hydrogens is 526 g/mol. The summed E-state index contributed by atoms with van der Waals surface area (Å²) in [4.78, 5) is 22.0. The van der Waals surface area contributed by atoms with Gasteiger partial charge >= 0.3 is 6.18 Å². The summed E-state index contributed by atoms with van der Waals surface area (Å²) < 4.78 is 81.2. The van der Waals surface area contributed by atoms with Crippen LogP contribution >= 0.6 is 0 Å². The van der Waals surface area contributed by atoms with E-state index in [1.165, 1.54) is 22.8 Å². The molecule has 3 aromatic rings. The van der Waals surface area contributed by atoms with E-state index >= 15 is 0 Å². The molecule has 13 heteroatoms. The molecular formula is C25H27F4N5O3S. The first-order chi connectivity index (χ1) is 17.7. The Labute approximate surface area is 217 Å². The standard InChI is InChI=1S/C25H27F4N5O3S/c1-24(2)11-16(17-13-31-20-10-19(26)32-34(20)21(17)24)15-4-5-18(30-12-15)22(25(27,28)29)33(3)23(35)14-6-8-38(36,37)9-7-14/h4-5,10,12-14,16,22H,6-9,11H2,1-3H3/t16-,22-/m1/s1. The molecule has 4 heterocycles. The Balaban J connectivity index is 1.44. The predicted octanol–water partition coefficient (Wildman–Crippen LogP) is 3.96. The Kier molecular flexibility index (Phi) is 6.27. The zero-order valence-corrected chi connectivity index (χ0v) is 21.9. The summed E-state index contributed by atoms with van der Waals surface area (Å²) in [6, 6.07) is 1.80. The average molecular weight is 554 g/mol. The van der Waals surface area contributed by atoms with E-state index in [-0.39, 0.29) is 36.0 Å². The first-order valence-electron chi connectivity index (χ1n) is 12.2. The van der Waals surface area contributed by atoms with Crippen molar-refractivity contribution < 1.29 is 30.8 Å². The summed E-state index contributed by atoms with van der Waals surface area (Å²) in [5, 5.41) is 3.93. The van der Waals surface area contributed by atoms with Crippen LogP contribution in [-0.2, 0) is 20.0 Å². The van der Waals surface area contributed by atoms with Crippen LogP contribution < -0.4 is 0 Å². The van der Waals surface area contributed by atoms with Crippen molar-refractivity contribution >= 4 is 21.4 Å². The molecule has 2 aliphatic rings. The maximum atomic E-state index is 14.2. The maximum absolute atomic E-state index is 14.2. The van der Waals surface area contributed by atoms with Gasteiger partial charge in [0.15, 0.2) is 11.7 Å². The molecule has 0 spiro atoms. The van der Waals surface area contributed by atoms with E-state index in [0.29, 0.717) is 22.5 Å². The third-order valence-corrected chi connectivity index (χ3v) is 9.37. The van der Waals surface area contributed by atoms with E-state index in [2.05, 4.69) is 15.1 Å². The minimum absolute atomic E-state index is 0.000774. The van der Waals surface area contributed by atoms with Crippen molar-refractivity contribution in [1.82, 2.24) is 24.5 Å². The van der Waals surface area contributed by atoms with Crippen molar-refractivity contribution in [2.24, 2.45) is 5.92 Å². The molecule has 204 valence electrons. The number of amides is 1. The first kappa shape index (κ1) is 26.5. The van der Waals surface area contributed by atoms with Gasteiger partial charge in [0.2, 0.25) is 11.9 Å². The van der Waals surface area contributed by atoms with Gasteiger partial charge in [0, 0.05) is 48.3 Å². The minimum atomic E-state index is -4.79. The van der Waals surface area contributed by atoms with Crippen LogP contribution in [0.15, 0.2) is 30.6 Å². The Morgan fingerprint density at radius 1 is 1.16 bits per heavy atom. The number of carbonyl (C=O) groups excluding carboxylic acids is 1. The third kappa shape index (κ3) is 4.65. The Hall–Kier alpha value is -3.09. The van der Waals surface area contributed by atoms with Crippen LogP contribution in [0.3, 0.4) is 0 Å². The second-order valence-corrected chi connectivity index (χ2v) is 13.1. The number of hydrogen-bond donors (Lipinski definition) is 0. The van der Waals surface area contributed by atoms with Crippen molar-refractivity contribution in [1.29, 1.82) is 0 Å². The molecule has 1 fully saturated rings. The van der Waals surface area contributed by atoms with Gasteiger partial charge in [-0.2, -0.15) is 17.6 Å². The van der Waals surface area contributed by atoms with Crippen molar-refractivity contribution in [2.75, 3.05) is 18.6 Å². The molecule has 1 saturated heterocycles. The SMILES string of the molecule is CN(C(=O)C1CCS(=O)(=O)CC1)[C@H](c1ccc([C@H]2CC(C)(C)c3c2cnc2cc(F)nn32)cn1)C(F)(F)F. The summed E-state index contributed by atoms with van der Waals surface area (Å²) in [7, 11) is -2.18. The predicted molar refractivity (Wildman–Crippen MR) is 130 cm³/mol. The highest BCUT2D eigenvalue weighted by atomic mass is 32.2. The fourth-order valence-corrected chi connectivity index (χ4v) is 7.28. The lowest BCUT2D eigenvalue weighted by molar-refractivity contribution is -0.191. The minimum Gasteiger partial charge on any atom is -0.328 e. The van der Waals surface area contributed by atoms with Gasteiger partial charge in [-0.1, -0.05) is 19.9 Å². The molecule has 1 amide bonds. The largest absolute Gasteiger partial charge is 0.414 e. The monoisotopic (exact) mass is 553 g/mol. The van der Waals surface area contributed by atoms with E-state index < -0.39 is 45.2 Å². The van der Waals surface area contributed by atoms with E-state index in [1.54, 1.807) is 12.3 Å². The fraction of sp³-hybridized carbons (Fsp3) is 0.520. The highest BCUT2D eigenvalue weighted by Gasteiger charge is 2.48. The van der Waals surface area contributed by atoms with Crippen LogP contribution in [-0.4, -0.2) is 63.5 Å². The molecule has 0 saturated carbocycles. The molecule has 0 radical (unpaired) electrons. The molecule has 3 aromatic heterocycles. The van der Waals surface area contributed by atoms with E-state index in [0.717, 1.165) is 18.3 Å². The number of aromatic nitrogens is 4. The number of carbonyl (C=O) groups is 1. The van der Waals surface area contributed by atoms with Crippen molar-refractivity contribution in [2.45, 2.75) is 56.7 Å². The quantitative estimate of drug-likeness (QED) is 0.454. The van der Waals surface area contributed by atoms with E-state index in [1.807, 2.05) is 13.8 Å². The van der Waals surface area contributed by atoms with Crippen LogP contribution in [0.5, 0.6) is 0 Å². The summed E-state index contributed by atoms with van der Waals surface area (Å²) in [6.07, 6.45) is -1.17. The zero-order valence-electron chi connectivity index (χ0n) is 21.0. The molecule has 1 aliphatic carbocycles. The van der Waals surface area contributed by atoms with Gasteiger partial charge in [-0.15, -0.1) is 5.10 Å². The lowest BCUT2D eigenvalue weighted by Gasteiger charge is -2.33. The lowest BCUT2D eigenvalue weighted by atomic mass is 9.87. The number of rotatable bonds is 4. The highest BCUT2D eigenvalue weighted by Crippen LogP contribution is 2.48. The Bertz CT molecular complexity index is 1490. The van der Waals surface area contributed by atoms with Crippen molar-refractivity contribution in [3.63, 3.8) is 0 Å². The average Bonchev–Trinajstić information content (AvgIpc) is 3.33. The summed E-state index contributed by atoms with van der Waals surface area (Å²) in [5.41, 5.74) is 1.88.